The maximum absolute atomic E-state index is 10.5. The summed E-state index contributed by atoms with van der Waals surface area (Å²) in [6.07, 6.45) is 0.762. The van der Waals surface area contributed by atoms with Gasteiger partial charge in [0.1, 0.15) is 0 Å². The van der Waals surface area contributed by atoms with E-state index in [0.717, 1.165) is 28.6 Å². The van der Waals surface area contributed by atoms with E-state index >= 15 is 0 Å². The van der Waals surface area contributed by atoms with Crippen molar-refractivity contribution in [3.05, 3.63) is 41.6 Å². The molecule has 0 amide bonds. The third kappa shape index (κ3) is 2.70. The first kappa shape index (κ1) is 13.0. The predicted molar refractivity (Wildman–Crippen MR) is 75.5 cm³/mol. The molecule has 2 heteroatoms. The van der Waals surface area contributed by atoms with Crippen LogP contribution in [0.2, 0.25) is 0 Å². The number of benzene rings is 1. The van der Waals surface area contributed by atoms with Gasteiger partial charge in [-0.2, -0.15) is 0 Å². The van der Waals surface area contributed by atoms with Crippen LogP contribution in [-0.4, -0.2) is 10.1 Å². The second-order valence-electron chi connectivity index (χ2n) is 5.73. The lowest BCUT2D eigenvalue weighted by molar-refractivity contribution is 0.0350. The van der Waals surface area contributed by atoms with Gasteiger partial charge < -0.3 is 5.11 Å². The Morgan fingerprint density at radius 1 is 1.22 bits per heavy atom. The Balaban J connectivity index is 2.43. The first-order valence-electron chi connectivity index (χ1n) is 6.49. The van der Waals surface area contributed by atoms with Crippen molar-refractivity contribution in [2.24, 2.45) is 5.92 Å². The van der Waals surface area contributed by atoms with E-state index in [4.69, 9.17) is 0 Å². The van der Waals surface area contributed by atoms with Gasteiger partial charge in [0.05, 0.1) is 11.1 Å². The summed E-state index contributed by atoms with van der Waals surface area (Å²) in [5.74, 6) is 0.465. The second kappa shape index (κ2) is 4.69. The van der Waals surface area contributed by atoms with E-state index in [9.17, 15) is 5.11 Å². The summed E-state index contributed by atoms with van der Waals surface area (Å²) in [6.45, 7) is 8.12. The fourth-order valence-corrected chi connectivity index (χ4v) is 2.48. The minimum absolute atomic E-state index is 0.465. The Hall–Kier alpha value is -1.41. The molecule has 0 bridgehead atoms. The molecule has 0 radical (unpaired) electrons. The SMILES string of the molecule is Cc1ccc2cc(C(C)(O)CC(C)C)ccc2n1. The van der Waals surface area contributed by atoms with Gasteiger partial charge in [-0.1, -0.05) is 26.0 Å². The van der Waals surface area contributed by atoms with Crippen molar-refractivity contribution in [1.82, 2.24) is 4.98 Å². The normalized spacial score (nSPS) is 15.0. The molecular weight excluding hydrogens is 222 g/mol. The highest BCUT2D eigenvalue weighted by molar-refractivity contribution is 5.79. The third-order valence-electron chi connectivity index (χ3n) is 3.26. The van der Waals surface area contributed by atoms with E-state index in [2.05, 4.69) is 24.9 Å². The van der Waals surface area contributed by atoms with Crippen LogP contribution in [0.4, 0.5) is 0 Å². The number of aryl methyl sites for hydroxylation is 1. The molecule has 1 unspecified atom stereocenters. The molecule has 1 atom stereocenters. The van der Waals surface area contributed by atoms with Crippen molar-refractivity contribution in [2.45, 2.75) is 39.7 Å². The van der Waals surface area contributed by atoms with E-state index in [1.54, 1.807) is 0 Å². The molecule has 0 aliphatic heterocycles. The largest absolute Gasteiger partial charge is 0.385 e. The molecule has 18 heavy (non-hydrogen) atoms. The van der Waals surface area contributed by atoms with Crippen molar-refractivity contribution in [2.75, 3.05) is 0 Å². The summed E-state index contributed by atoms with van der Waals surface area (Å²) >= 11 is 0. The van der Waals surface area contributed by atoms with Gasteiger partial charge in [0.15, 0.2) is 0 Å². The van der Waals surface area contributed by atoms with E-state index in [1.165, 1.54) is 0 Å². The van der Waals surface area contributed by atoms with Gasteiger partial charge in [0.2, 0.25) is 0 Å². The average molecular weight is 243 g/mol. The molecule has 2 rings (SSSR count). The Labute approximate surface area is 109 Å². The van der Waals surface area contributed by atoms with Crippen molar-refractivity contribution >= 4 is 10.9 Å². The van der Waals surface area contributed by atoms with Crippen LogP contribution in [0.15, 0.2) is 30.3 Å². The summed E-state index contributed by atoms with van der Waals surface area (Å²) in [6, 6.07) is 10.1. The molecule has 1 aromatic carbocycles. The average Bonchev–Trinajstić information content (AvgIpc) is 2.26. The third-order valence-corrected chi connectivity index (χ3v) is 3.26. The highest BCUT2D eigenvalue weighted by atomic mass is 16.3. The van der Waals surface area contributed by atoms with E-state index in [-0.39, 0.29) is 0 Å². The molecule has 0 spiro atoms. The van der Waals surface area contributed by atoms with Gasteiger partial charge >= 0.3 is 0 Å². The van der Waals surface area contributed by atoms with Crippen LogP contribution < -0.4 is 0 Å². The quantitative estimate of drug-likeness (QED) is 0.889. The summed E-state index contributed by atoms with van der Waals surface area (Å²) in [5.41, 5.74) is 2.20. The maximum atomic E-state index is 10.5. The van der Waals surface area contributed by atoms with Gasteiger partial charge in [-0.25, -0.2) is 0 Å². The van der Waals surface area contributed by atoms with Crippen molar-refractivity contribution < 1.29 is 5.11 Å². The zero-order valence-corrected chi connectivity index (χ0v) is 11.6. The van der Waals surface area contributed by atoms with Gasteiger partial charge in [0.25, 0.3) is 0 Å². The van der Waals surface area contributed by atoms with Gasteiger partial charge in [-0.15, -0.1) is 0 Å². The van der Waals surface area contributed by atoms with Crippen molar-refractivity contribution in [3.63, 3.8) is 0 Å². The minimum Gasteiger partial charge on any atom is -0.385 e. The highest BCUT2D eigenvalue weighted by Gasteiger charge is 2.24. The number of nitrogens with zero attached hydrogens (tertiary/aromatic N) is 1. The number of rotatable bonds is 3. The number of hydrogen-bond donors (Lipinski definition) is 1. The lowest BCUT2D eigenvalue weighted by Crippen LogP contribution is -2.23. The first-order chi connectivity index (χ1) is 8.38. The number of fused-ring (bicyclic) bond motifs is 1. The predicted octanol–water partition coefficient (Wildman–Crippen LogP) is 3.80. The van der Waals surface area contributed by atoms with Crippen LogP contribution in [0.25, 0.3) is 10.9 Å². The smallest absolute Gasteiger partial charge is 0.0871 e. The maximum Gasteiger partial charge on any atom is 0.0871 e. The molecule has 1 heterocycles. The fourth-order valence-electron chi connectivity index (χ4n) is 2.48. The molecule has 0 aliphatic carbocycles. The van der Waals surface area contributed by atoms with Gasteiger partial charge in [-0.3, -0.25) is 4.98 Å². The molecule has 2 nitrogen and oxygen atoms in total. The van der Waals surface area contributed by atoms with Crippen molar-refractivity contribution in [1.29, 1.82) is 0 Å². The Morgan fingerprint density at radius 3 is 2.61 bits per heavy atom. The molecule has 96 valence electrons. The van der Waals surface area contributed by atoms with Gasteiger partial charge in [0, 0.05) is 11.1 Å². The van der Waals surface area contributed by atoms with Gasteiger partial charge in [-0.05, 0) is 49.9 Å². The van der Waals surface area contributed by atoms with Crippen LogP contribution >= 0.6 is 0 Å². The molecule has 0 saturated carbocycles. The topological polar surface area (TPSA) is 33.1 Å². The van der Waals surface area contributed by atoms with E-state index in [1.807, 2.05) is 38.1 Å². The molecule has 2 aromatic rings. The number of aliphatic hydroxyl groups is 1. The first-order valence-corrected chi connectivity index (χ1v) is 6.49. The number of aromatic nitrogens is 1. The minimum atomic E-state index is -0.771. The van der Waals surface area contributed by atoms with Crippen LogP contribution in [-0.2, 0) is 5.60 Å². The lowest BCUT2D eigenvalue weighted by atomic mass is 9.87. The summed E-state index contributed by atoms with van der Waals surface area (Å²) < 4.78 is 0. The fraction of sp³-hybridized carbons (Fsp3) is 0.438. The molecule has 0 saturated heterocycles. The molecular formula is C16H21NO. The highest BCUT2D eigenvalue weighted by Crippen LogP contribution is 2.30. The Bertz CT molecular complexity index is 558. The van der Waals surface area contributed by atoms with Crippen LogP contribution in [0.5, 0.6) is 0 Å². The molecule has 0 fully saturated rings. The molecule has 1 N–H and O–H groups in total. The van der Waals surface area contributed by atoms with Crippen LogP contribution in [0, 0.1) is 12.8 Å². The van der Waals surface area contributed by atoms with Crippen LogP contribution in [0.3, 0.4) is 0 Å². The lowest BCUT2D eigenvalue weighted by Gasteiger charge is -2.26. The second-order valence-corrected chi connectivity index (χ2v) is 5.73. The zero-order chi connectivity index (χ0) is 13.3. The summed E-state index contributed by atoms with van der Waals surface area (Å²) in [4.78, 5) is 4.48. The summed E-state index contributed by atoms with van der Waals surface area (Å²) in [5, 5.41) is 11.6. The number of hydrogen-bond acceptors (Lipinski definition) is 2. The molecule has 0 aliphatic rings. The Kier molecular flexibility index (Phi) is 3.40. The Morgan fingerprint density at radius 2 is 1.94 bits per heavy atom. The van der Waals surface area contributed by atoms with Crippen molar-refractivity contribution in [3.8, 4) is 0 Å². The standard InChI is InChI=1S/C16H21NO/c1-11(2)10-16(4,18)14-7-8-15-13(9-14)6-5-12(3)17-15/h5-9,11,18H,10H2,1-4H3. The van der Waals surface area contributed by atoms with Crippen LogP contribution in [0.1, 0.15) is 38.4 Å². The van der Waals surface area contributed by atoms with E-state index in [0.29, 0.717) is 5.92 Å². The monoisotopic (exact) mass is 243 g/mol. The molecule has 1 aromatic heterocycles. The zero-order valence-electron chi connectivity index (χ0n) is 11.6. The summed E-state index contributed by atoms with van der Waals surface area (Å²) in [7, 11) is 0. The van der Waals surface area contributed by atoms with E-state index < -0.39 is 5.60 Å². The number of pyridine rings is 1.